The van der Waals surface area contributed by atoms with Gasteiger partial charge in [0.1, 0.15) is 0 Å². The quantitative estimate of drug-likeness (QED) is 0.116. The first-order valence-electron chi connectivity index (χ1n) is 21.5. The number of hydrogen-bond donors (Lipinski definition) is 0. The Labute approximate surface area is 361 Å². The normalized spacial score (nSPS) is 11.5. The van der Waals surface area contributed by atoms with Gasteiger partial charge in [-0.05, 0) is 139 Å². The maximum atomic E-state index is 2.48. The van der Waals surface area contributed by atoms with Crippen LogP contribution in [0.4, 0.5) is 0 Å². The molecule has 0 amide bonds. The van der Waals surface area contributed by atoms with Crippen molar-refractivity contribution in [3.8, 4) is 66.8 Å². The van der Waals surface area contributed by atoms with Gasteiger partial charge < -0.3 is 0 Å². The van der Waals surface area contributed by atoms with Gasteiger partial charge in [0.05, 0.1) is 0 Å². The zero-order chi connectivity index (χ0) is 41.0. The van der Waals surface area contributed by atoms with E-state index < -0.39 is 0 Å². The van der Waals surface area contributed by atoms with E-state index in [1.807, 2.05) is 0 Å². The van der Waals surface area contributed by atoms with E-state index in [9.17, 15) is 0 Å². The number of rotatable bonds is 6. The minimum absolute atomic E-state index is 1.20. The van der Waals surface area contributed by atoms with Crippen LogP contribution in [0.25, 0.3) is 121 Å². The lowest BCUT2D eigenvalue weighted by atomic mass is 9.81. The van der Waals surface area contributed by atoms with Gasteiger partial charge in [0.15, 0.2) is 0 Å². The Balaban J connectivity index is 1.24. The summed E-state index contributed by atoms with van der Waals surface area (Å²) in [4.78, 5) is 0. The molecule has 0 aliphatic heterocycles. The summed E-state index contributed by atoms with van der Waals surface area (Å²) in [5.74, 6) is 0. The molecule has 0 saturated heterocycles. The Hall–Kier alpha value is -8.06. The fourth-order valence-electron chi connectivity index (χ4n) is 10.0. The molecule has 0 aromatic heterocycles. The van der Waals surface area contributed by atoms with Crippen LogP contribution in [0.2, 0.25) is 0 Å². The molecule has 0 aliphatic rings. The Morgan fingerprint density at radius 3 is 1.13 bits per heavy atom. The van der Waals surface area contributed by atoms with Crippen molar-refractivity contribution in [1.82, 2.24) is 0 Å². The monoisotopic (exact) mass is 784 g/mol. The third-order valence-corrected chi connectivity index (χ3v) is 12.8. The molecular weight excluding hydrogens is 745 g/mol. The van der Waals surface area contributed by atoms with Gasteiger partial charge in [0.2, 0.25) is 0 Å². The van der Waals surface area contributed by atoms with Gasteiger partial charge in [-0.1, -0.05) is 224 Å². The number of hydrogen-bond acceptors (Lipinski definition) is 0. The molecule has 0 atom stereocenters. The summed E-state index contributed by atoms with van der Waals surface area (Å²) in [5, 5.41) is 12.4. The van der Waals surface area contributed by atoms with Crippen molar-refractivity contribution >= 4 is 53.9 Å². The summed E-state index contributed by atoms with van der Waals surface area (Å²) in [6.07, 6.45) is 0. The summed E-state index contributed by atoms with van der Waals surface area (Å²) >= 11 is 0. The first-order valence-corrected chi connectivity index (χ1v) is 21.5. The fourth-order valence-corrected chi connectivity index (χ4v) is 10.0. The second-order valence-corrected chi connectivity index (χ2v) is 16.3. The highest BCUT2D eigenvalue weighted by Crippen LogP contribution is 2.50. The molecule has 62 heavy (non-hydrogen) atoms. The lowest BCUT2D eigenvalue weighted by Gasteiger charge is -2.22. The average molecular weight is 785 g/mol. The third-order valence-electron chi connectivity index (χ3n) is 12.8. The lowest BCUT2D eigenvalue weighted by molar-refractivity contribution is 1.62. The Bertz CT molecular complexity index is 3640. The maximum absolute atomic E-state index is 2.48. The van der Waals surface area contributed by atoms with Gasteiger partial charge in [0, 0.05) is 0 Å². The highest BCUT2D eigenvalue weighted by atomic mass is 14.3. The molecule has 0 bridgehead atoms. The summed E-state index contributed by atoms with van der Waals surface area (Å²) in [5.41, 5.74) is 14.7. The molecule has 0 spiro atoms. The van der Waals surface area contributed by atoms with Crippen molar-refractivity contribution in [3.05, 3.63) is 243 Å². The third kappa shape index (κ3) is 5.92. The van der Waals surface area contributed by atoms with Gasteiger partial charge in [-0.15, -0.1) is 0 Å². The van der Waals surface area contributed by atoms with Gasteiger partial charge >= 0.3 is 0 Å². The summed E-state index contributed by atoms with van der Waals surface area (Å²) < 4.78 is 0. The molecule has 0 heterocycles. The van der Waals surface area contributed by atoms with Crippen molar-refractivity contribution in [2.45, 2.75) is 0 Å². The van der Waals surface area contributed by atoms with Gasteiger partial charge in [0.25, 0.3) is 0 Å². The minimum atomic E-state index is 1.20. The van der Waals surface area contributed by atoms with Crippen LogP contribution in [0.1, 0.15) is 0 Å². The van der Waals surface area contributed by atoms with Crippen LogP contribution in [0, 0.1) is 0 Å². The van der Waals surface area contributed by atoms with E-state index in [2.05, 4.69) is 243 Å². The standard InChI is InChI=1S/C62H40/c1-5-18-41(19-6-1)46-33-36-55-57(38-46)59(54-35-32-47(42-20-7-2-8-21-42)39-58(54)62(55)51-31-17-27-43-22-13-14-28-49(43)51)48-34-37-53-56(40-48)50-29-15-16-30-52(50)60(44-23-9-3-10-24-44)61(53)45-25-11-4-12-26-45/h1-40H. The Kier molecular flexibility index (Phi) is 8.61. The van der Waals surface area contributed by atoms with E-state index in [0.29, 0.717) is 0 Å². The molecule has 0 aliphatic carbocycles. The van der Waals surface area contributed by atoms with Crippen molar-refractivity contribution in [1.29, 1.82) is 0 Å². The SMILES string of the molecule is c1ccc(-c2ccc3c(-c4cccc5ccccc45)c4cc(-c5ccccc5)ccc4c(-c4ccc5c(-c6ccccc6)c(-c6ccccc6)c6ccccc6c5c4)c3c2)cc1. The minimum Gasteiger partial charge on any atom is -0.0622 e. The van der Waals surface area contributed by atoms with Crippen LogP contribution in [0.5, 0.6) is 0 Å². The lowest BCUT2D eigenvalue weighted by Crippen LogP contribution is -1.95. The molecule has 0 heteroatoms. The Morgan fingerprint density at radius 2 is 0.548 bits per heavy atom. The van der Waals surface area contributed by atoms with Gasteiger partial charge in [-0.25, -0.2) is 0 Å². The maximum Gasteiger partial charge on any atom is -0.00199 e. The first-order chi connectivity index (χ1) is 30.8. The van der Waals surface area contributed by atoms with Crippen LogP contribution in [0.15, 0.2) is 243 Å². The van der Waals surface area contributed by atoms with Crippen molar-refractivity contribution in [2.75, 3.05) is 0 Å². The van der Waals surface area contributed by atoms with Crippen LogP contribution in [0.3, 0.4) is 0 Å². The van der Waals surface area contributed by atoms with E-state index in [1.54, 1.807) is 0 Å². The van der Waals surface area contributed by atoms with E-state index in [1.165, 1.54) is 121 Å². The molecular formula is C62H40. The molecule has 0 unspecified atom stereocenters. The van der Waals surface area contributed by atoms with Crippen LogP contribution in [-0.4, -0.2) is 0 Å². The topological polar surface area (TPSA) is 0 Å². The average Bonchev–Trinajstić information content (AvgIpc) is 3.35. The summed E-state index contributed by atoms with van der Waals surface area (Å²) in [6, 6.07) is 89.5. The fraction of sp³-hybridized carbons (Fsp3) is 0. The van der Waals surface area contributed by atoms with E-state index in [0.717, 1.165) is 0 Å². The molecule has 288 valence electrons. The molecule has 0 nitrogen and oxygen atoms in total. The zero-order valence-corrected chi connectivity index (χ0v) is 34.1. The molecule has 0 radical (unpaired) electrons. The van der Waals surface area contributed by atoms with E-state index >= 15 is 0 Å². The summed E-state index contributed by atoms with van der Waals surface area (Å²) in [6.45, 7) is 0. The molecule has 12 rings (SSSR count). The van der Waals surface area contributed by atoms with Crippen LogP contribution < -0.4 is 0 Å². The second-order valence-electron chi connectivity index (χ2n) is 16.3. The molecule has 12 aromatic rings. The molecule has 0 N–H and O–H groups in total. The Morgan fingerprint density at radius 1 is 0.161 bits per heavy atom. The number of benzene rings is 12. The van der Waals surface area contributed by atoms with Crippen molar-refractivity contribution in [2.24, 2.45) is 0 Å². The van der Waals surface area contributed by atoms with Crippen molar-refractivity contribution < 1.29 is 0 Å². The van der Waals surface area contributed by atoms with Crippen molar-refractivity contribution in [3.63, 3.8) is 0 Å². The zero-order valence-electron chi connectivity index (χ0n) is 34.1. The van der Waals surface area contributed by atoms with Crippen LogP contribution >= 0.6 is 0 Å². The second kappa shape index (κ2) is 14.9. The highest BCUT2D eigenvalue weighted by molar-refractivity contribution is 6.27. The first kappa shape index (κ1) is 35.8. The highest BCUT2D eigenvalue weighted by Gasteiger charge is 2.22. The smallest absolute Gasteiger partial charge is 0.00199 e. The number of fused-ring (bicyclic) bond motifs is 6. The van der Waals surface area contributed by atoms with Gasteiger partial charge in [-0.2, -0.15) is 0 Å². The summed E-state index contributed by atoms with van der Waals surface area (Å²) in [7, 11) is 0. The van der Waals surface area contributed by atoms with Crippen LogP contribution in [-0.2, 0) is 0 Å². The molecule has 0 fully saturated rings. The molecule has 0 saturated carbocycles. The van der Waals surface area contributed by atoms with Gasteiger partial charge in [-0.3, -0.25) is 0 Å². The molecule has 12 aromatic carbocycles. The van der Waals surface area contributed by atoms with E-state index in [-0.39, 0.29) is 0 Å². The predicted octanol–water partition coefficient (Wildman–Crippen LogP) is 17.5. The van der Waals surface area contributed by atoms with E-state index in [4.69, 9.17) is 0 Å². The predicted molar refractivity (Wildman–Crippen MR) is 267 cm³/mol. The largest absolute Gasteiger partial charge is 0.0622 e.